The summed E-state index contributed by atoms with van der Waals surface area (Å²) in [5.41, 5.74) is -0.151. The van der Waals surface area contributed by atoms with E-state index >= 15 is 0 Å². The lowest BCUT2D eigenvalue weighted by Crippen LogP contribution is -2.41. The Kier molecular flexibility index (Phi) is 4.09. The molecule has 2 aliphatic heterocycles. The Morgan fingerprint density at radius 3 is 2.39 bits per heavy atom. The lowest BCUT2D eigenvalue weighted by molar-refractivity contribution is -0.137. The van der Waals surface area contributed by atoms with E-state index in [9.17, 15) is 18.0 Å². The van der Waals surface area contributed by atoms with Gasteiger partial charge in [0.05, 0.1) is 12.1 Å². The van der Waals surface area contributed by atoms with Gasteiger partial charge in [-0.05, 0) is 30.7 Å². The van der Waals surface area contributed by atoms with Crippen LogP contribution in [0.25, 0.3) is 0 Å². The number of anilines is 1. The predicted octanol–water partition coefficient (Wildman–Crippen LogP) is 3.95. The minimum Gasteiger partial charge on any atom is -0.323 e. The number of nitrogens with zero attached hydrogens (tertiary/aromatic N) is 3. The van der Waals surface area contributed by atoms with Crippen molar-refractivity contribution in [2.75, 3.05) is 24.5 Å². The highest BCUT2D eigenvalue weighted by Gasteiger charge is 2.31. The summed E-state index contributed by atoms with van der Waals surface area (Å²) in [6.07, 6.45) is -3.40. The molecule has 1 aromatic carbocycles. The number of aliphatic imine (C=N–C) groups is 1. The Labute approximate surface area is 135 Å². The smallest absolute Gasteiger partial charge is 0.323 e. The zero-order valence-corrected chi connectivity index (χ0v) is 13.0. The van der Waals surface area contributed by atoms with E-state index < -0.39 is 11.7 Å². The fraction of sp³-hybridized carbons (Fsp3) is 0.333. The zero-order valence-electron chi connectivity index (χ0n) is 12.1. The molecule has 0 aliphatic carbocycles. The van der Waals surface area contributed by atoms with Crippen molar-refractivity contribution in [3.63, 3.8) is 0 Å². The van der Waals surface area contributed by atoms with Crippen molar-refractivity contribution in [3.05, 3.63) is 41.3 Å². The fourth-order valence-corrected chi connectivity index (χ4v) is 3.09. The molecule has 122 valence electrons. The first-order valence-electron chi connectivity index (χ1n) is 7.02. The highest BCUT2D eigenvalue weighted by molar-refractivity contribution is 8.18. The summed E-state index contributed by atoms with van der Waals surface area (Å²) in [6.45, 7) is 5.67. The first kappa shape index (κ1) is 15.9. The molecule has 23 heavy (non-hydrogen) atoms. The number of urea groups is 1. The van der Waals surface area contributed by atoms with Gasteiger partial charge in [-0.15, -0.1) is 0 Å². The molecule has 0 N–H and O–H groups in total. The molecule has 8 heteroatoms. The maximum atomic E-state index is 12.6. The normalized spacial score (nSPS) is 20.1. The third-order valence-electron chi connectivity index (χ3n) is 3.63. The van der Waals surface area contributed by atoms with Gasteiger partial charge in [0, 0.05) is 23.7 Å². The van der Waals surface area contributed by atoms with Crippen molar-refractivity contribution in [1.29, 1.82) is 0 Å². The summed E-state index contributed by atoms with van der Waals surface area (Å²) < 4.78 is 37.9. The highest BCUT2D eigenvalue weighted by atomic mass is 32.2. The number of likely N-dealkylation sites (tertiary alicyclic amines) is 1. The highest BCUT2D eigenvalue weighted by Crippen LogP contribution is 2.35. The molecule has 0 unspecified atom stereocenters. The third-order valence-corrected chi connectivity index (χ3v) is 4.54. The van der Waals surface area contributed by atoms with Crippen molar-refractivity contribution < 1.29 is 18.0 Å². The van der Waals surface area contributed by atoms with Gasteiger partial charge in [0.1, 0.15) is 0 Å². The SMILES string of the molecule is C=C1CN(c2ccc(C(F)(F)F)cc2)/C(=N/C(=O)N2CCC2)S1. The minimum absolute atomic E-state index is 0.314. The Hall–Kier alpha value is -1.96. The predicted molar refractivity (Wildman–Crippen MR) is 84.5 cm³/mol. The molecule has 0 aromatic heterocycles. The van der Waals surface area contributed by atoms with Crippen LogP contribution in [-0.4, -0.2) is 35.7 Å². The summed E-state index contributed by atoms with van der Waals surface area (Å²) in [7, 11) is 0. The van der Waals surface area contributed by atoms with Crippen LogP contribution in [0, 0.1) is 0 Å². The second-order valence-electron chi connectivity index (χ2n) is 5.29. The molecule has 4 nitrogen and oxygen atoms in total. The minimum atomic E-state index is -4.37. The topological polar surface area (TPSA) is 35.9 Å². The number of amidine groups is 1. The van der Waals surface area contributed by atoms with Crippen LogP contribution in [0.5, 0.6) is 0 Å². The summed E-state index contributed by atoms with van der Waals surface area (Å²) >= 11 is 1.27. The quantitative estimate of drug-likeness (QED) is 0.776. The van der Waals surface area contributed by atoms with Gasteiger partial charge in [-0.3, -0.25) is 0 Å². The van der Waals surface area contributed by atoms with Crippen LogP contribution in [0.4, 0.5) is 23.7 Å². The number of amides is 2. The van der Waals surface area contributed by atoms with E-state index in [-0.39, 0.29) is 6.03 Å². The lowest BCUT2D eigenvalue weighted by Gasteiger charge is -2.29. The van der Waals surface area contributed by atoms with E-state index in [1.54, 1.807) is 9.80 Å². The summed E-state index contributed by atoms with van der Waals surface area (Å²) in [4.78, 5) is 20.2. The van der Waals surface area contributed by atoms with Crippen molar-refractivity contribution in [3.8, 4) is 0 Å². The number of alkyl halides is 3. The van der Waals surface area contributed by atoms with Gasteiger partial charge in [0.2, 0.25) is 0 Å². The molecule has 0 spiro atoms. The number of benzene rings is 1. The van der Waals surface area contributed by atoms with E-state index in [0.717, 1.165) is 23.5 Å². The van der Waals surface area contributed by atoms with Gasteiger partial charge in [-0.25, -0.2) is 4.79 Å². The first-order chi connectivity index (χ1) is 10.8. The maximum Gasteiger partial charge on any atom is 0.416 e. The monoisotopic (exact) mass is 341 g/mol. The van der Waals surface area contributed by atoms with Crippen LogP contribution in [0.2, 0.25) is 0 Å². The van der Waals surface area contributed by atoms with Crippen molar-refractivity contribution in [2.45, 2.75) is 12.6 Å². The van der Waals surface area contributed by atoms with Crippen LogP contribution in [0.3, 0.4) is 0 Å². The standard InChI is InChI=1S/C15H14F3N3OS/c1-10-9-21(12-5-3-11(4-6-12)15(16,17)18)14(23-10)19-13(22)20-7-2-8-20/h3-6H,1-2,7-9H2/b19-14-. The molecule has 0 radical (unpaired) electrons. The number of hydrogen-bond acceptors (Lipinski definition) is 2. The van der Waals surface area contributed by atoms with E-state index in [1.807, 2.05) is 0 Å². The Bertz CT molecular complexity index is 666. The molecule has 2 fully saturated rings. The maximum absolute atomic E-state index is 12.6. The number of carbonyl (C=O) groups is 1. The van der Waals surface area contributed by atoms with Crippen LogP contribution in [0.15, 0.2) is 40.7 Å². The van der Waals surface area contributed by atoms with Gasteiger partial charge in [0.15, 0.2) is 5.17 Å². The van der Waals surface area contributed by atoms with Crippen LogP contribution < -0.4 is 4.90 Å². The third kappa shape index (κ3) is 3.36. The van der Waals surface area contributed by atoms with Crippen molar-refractivity contribution in [1.82, 2.24) is 4.90 Å². The summed E-state index contributed by atoms with van der Waals surface area (Å²) in [5, 5.41) is 0.451. The van der Waals surface area contributed by atoms with Crippen LogP contribution >= 0.6 is 11.8 Å². The Morgan fingerprint density at radius 2 is 1.87 bits per heavy atom. The van der Waals surface area contributed by atoms with Crippen LogP contribution in [0.1, 0.15) is 12.0 Å². The average molecular weight is 341 g/mol. The second kappa shape index (κ2) is 5.92. The summed E-state index contributed by atoms with van der Waals surface area (Å²) in [6, 6.07) is 4.49. The molecule has 3 rings (SSSR count). The number of rotatable bonds is 1. The molecule has 2 aliphatic rings. The Balaban J connectivity index is 1.83. The average Bonchev–Trinajstić information content (AvgIpc) is 2.76. The molecular formula is C15H14F3N3OS. The molecule has 2 amide bonds. The first-order valence-corrected chi connectivity index (χ1v) is 7.84. The number of carbonyl (C=O) groups excluding carboxylic acids is 1. The van der Waals surface area contributed by atoms with Gasteiger partial charge < -0.3 is 9.80 Å². The molecule has 0 atom stereocenters. The van der Waals surface area contributed by atoms with Gasteiger partial charge in [-0.2, -0.15) is 18.2 Å². The molecular weight excluding hydrogens is 327 g/mol. The molecule has 0 saturated carbocycles. The second-order valence-corrected chi connectivity index (χ2v) is 6.44. The molecule has 2 saturated heterocycles. The fourth-order valence-electron chi connectivity index (χ4n) is 2.24. The van der Waals surface area contributed by atoms with Crippen molar-refractivity contribution in [2.24, 2.45) is 4.99 Å². The number of thioether (sulfide) groups is 1. The molecule has 2 heterocycles. The van der Waals surface area contributed by atoms with Gasteiger partial charge in [-0.1, -0.05) is 18.3 Å². The van der Waals surface area contributed by atoms with Crippen LogP contribution in [-0.2, 0) is 6.18 Å². The summed E-state index contributed by atoms with van der Waals surface area (Å²) in [5.74, 6) is 0. The zero-order chi connectivity index (χ0) is 16.6. The van der Waals surface area contributed by atoms with E-state index in [0.29, 0.717) is 30.5 Å². The van der Waals surface area contributed by atoms with Gasteiger partial charge in [0.25, 0.3) is 0 Å². The van der Waals surface area contributed by atoms with Gasteiger partial charge >= 0.3 is 12.2 Å². The Morgan fingerprint density at radius 1 is 1.22 bits per heavy atom. The van der Waals surface area contributed by atoms with E-state index in [2.05, 4.69) is 11.6 Å². The molecule has 1 aromatic rings. The molecule has 0 bridgehead atoms. The number of hydrogen-bond donors (Lipinski definition) is 0. The number of halogens is 3. The van der Waals surface area contributed by atoms with Crippen molar-refractivity contribution >= 4 is 28.6 Å². The largest absolute Gasteiger partial charge is 0.416 e. The van der Waals surface area contributed by atoms with E-state index in [4.69, 9.17) is 0 Å². The lowest BCUT2D eigenvalue weighted by atomic mass is 10.2. The van der Waals surface area contributed by atoms with E-state index in [1.165, 1.54) is 23.9 Å².